The Bertz CT molecular complexity index is 1070. The minimum atomic E-state index is 0.486. The summed E-state index contributed by atoms with van der Waals surface area (Å²) in [6.07, 6.45) is 8.53. The first kappa shape index (κ1) is 15.6. The van der Waals surface area contributed by atoms with E-state index in [1.165, 1.54) is 25.7 Å². The van der Waals surface area contributed by atoms with Crippen LogP contribution >= 0.6 is 11.3 Å². The summed E-state index contributed by atoms with van der Waals surface area (Å²) in [4.78, 5) is 10.1. The summed E-state index contributed by atoms with van der Waals surface area (Å²) in [5, 5.41) is 3.31. The molecule has 5 heteroatoms. The number of rotatable bonds is 3. The smallest absolute Gasteiger partial charge is 0.190 e. The maximum atomic E-state index is 6.15. The highest BCUT2D eigenvalue weighted by molar-refractivity contribution is 7.07. The zero-order valence-electron chi connectivity index (χ0n) is 14.3. The molecule has 1 aliphatic rings. The molecule has 1 aromatic carbocycles. The molecule has 0 aliphatic heterocycles. The molecule has 5 rings (SSSR count). The van der Waals surface area contributed by atoms with Gasteiger partial charge in [-0.25, -0.2) is 4.99 Å². The monoisotopic (exact) mass is 361 g/mol. The fraction of sp³-hybridized carbons (Fsp3) is 0.238. The highest BCUT2D eigenvalue weighted by atomic mass is 32.1. The third kappa shape index (κ3) is 2.78. The van der Waals surface area contributed by atoms with Crippen molar-refractivity contribution in [3.8, 4) is 11.5 Å². The van der Waals surface area contributed by atoms with Crippen LogP contribution in [0.15, 0.2) is 69.6 Å². The predicted octanol–water partition coefficient (Wildman–Crippen LogP) is 5.71. The maximum Gasteiger partial charge on any atom is 0.190 e. The van der Waals surface area contributed by atoms with Gasteiger partial charge in [0.2, 0.25) is 0 Å². The molecule has 0 atom stereocenters. The van der Waals surface area contributed by atoms with Gasteiger partial charge in [-0.3, -0.25) is 4.98 Å². The lowest BCUT2D eigenvalue weighted by Crippen LogP contribution is -2.19. The molecule has 1 fully saturated rings. The molecule has 1 saturated carbocycles. The van der Waals surface area contributed by atoms with E-state index in [2.05, 4.69) is 27.1 Å². The van der Waals surface area contributed by atoms with Crippen molar-refractivity contribution in [3.05, 3.63) is 65.0 Å². The van der Waals surface area contributed by atoms with Crippen LogP contribution < -0.4 is 4.80 Å². The van der Waals surface area contributed by atoms with Crippen LogP contribution in [0.4, 0.5) is 5.69 Å². The molecule has 4 nitrogen and oxygen atoms in total. The number of benzene rings is 1. The SMILES string of the molecule is c1cncc(N=c2scc(-c3cc4ccccc4o3)n2C2CCCC2)c1. The van der Waals surface area contributed by atoms with Crippen molar-refractivity contribution in [1.29, 1.82) is 0 Å². The van der Waals surface area contributed by atoms with Crippen molar-refractivity contribution in [3.63, 3.8) is 0 Å². The highest BCUT2D eigenvalue weighted by Crippen LogP contribution is 2.35. The summed E-state index contributed by atoms with van der Waals surface area (Å²) >= 11 is 1.67. The molecule has 26 heavy (non-hydrogen) atoms. The van der Waals surface area contributed by atoms with Gasteiger partial charge in [0.25, 0.3) is 0 Å². The van der Waals surface area contributed by atoms with Gasteiger partial charge in [0.05, 0.1) is 17.6 Å². The lowest BCUT2D eigenvalue weighted by molar-refractivity contribution is 0.503. The van der Waals surface area contributed by atoms with E-state index in [9.17, 15) is 0 Å². The molecule has 1 aliphatic carbocycles. The number of hydrogen-bond acceptors (Lipinski definition) is 4. The van der Waals surface area contributed by atoms with Gasteiger partial charge in [-0.2, -0.15) is 0 Å². The Balaban J connectivity index is 1.69. The van der Waals surface area contributed by atoms with Crippen molar-refractivity contribution in [2.45, 2.75) is 31.7 Å². The number of para-hydroxylation sites is 1. The molecular weight excluding hydrogens is 342 g/mol. The van der Waals surface area contributed by atoms with E-state index in [1.807, 2.05) is 30.3 Å². The van der Waals surface area contributed by atoms with Gasteiger partial charge < -0.3 is 8.98 Å². The fourth-order valence-corrected chi connectivity index (χ4v) is 4.70. The summed E-state index contributed by atoms with van der Waals surface area (Å²) in [7, 11) is 0. The zero-order chi connectivity index (χ0) is 17.3. The van der Waals surface area contributed by atoms with Crippen LogP contribution in [0.1, 0.15) is 31.7 Å². The summed E-state index contributed by atoms with van der Waals surface area (Å²) in [6, 6.07) is 14.7. The summed E-state index contributed by atoms with van der Waals surface area (Å²) in [5.74, 6) is 0.919. The van der Waals surface area contributed by atoms with Gasteiger partial charge in [0.1, 0.15) is 5.58 Å². The van der Waals surface area contributed by atoms with E-state index < -0.39 is 0 Å². The summed E-state index contributed by atoms with van der Waals surface area (Å²) in [6.45, 7) is 0. The third-order valence-electron chi connectivity index (χ3n) is 4.98. The Morgan fingerprint density at radius 3 is 2.81 bits per heavy atom. The molecule has 0 bridgehead atoms. The van der Waals surface area contributed by atoms with Gasteiger partial charge in [0, 0.05) is 23.0 Å². The lowest BCUT2D eigenvalue weighted by atomic mass is 10.2. The quantitative estimate of drug-likeness (QED) is 0.469. The molecule has 3 aromatic heterocycles. The third-order valence-corrected chi connectivity index (χ3v) is 5.82. The number of hydrogen-bond donors (Lipinski definition) is 0. The Labute approximate surface area is 155 Å². The van der Waals surface area contributed by atoms with Gasteiger partial charge >= 0.3 is 0 Å². The van der Waals surface area contributed by atoms with Crippen LogP contribution in [-0.2, 0) is 0 Å². The average Bonchev–Trinajstić information content (AvgIpc) is 3.41. The molecule has 4 aromatic rings. The van der Waals surface area contributed by atoms with E-state index in [1.54, 1.807) is 23.7 Å². The van der Waals surface area contributed by atoms with Gasteiger partial charge in [0.15, 0.2) is 10.6 Å². The Morgan fingerprint density at radius 2 is 2.00 bits per heavy atom. The average molecular weight is 361 g/mol. The van der Waals surface area contributed by atoms with Crippen LogP contribution in [0.25, 0.3) is 22.4 Å². The number of thiazole rings is 1. The molecule has 0 radical (unpaired) electrons. The molecule has 130 valence electrons. The molecular formula is C21H19N3OS. The number of aromatic nitrogens is 2. The van der Waals surface area contributed by atoms with Crippen LogP contribution in [0.3, 0.4) is 0 Å². The number of pyridine rings is 1. The second kappa shape index (κ2) is 6.57. The van der Waals surface area contributed by atoms with Crippen molar-refractivity contribution in [1.82, 2.24) is 9.55 Å². The first-order valence-electron chi connectivity index (χ1n) is 9.02. The van der Waals surface area contributed by atoms with Crippen molar-refractivity contribution in [2.24, 2.45) is 4.99 Å². The Kier molecular flexibility index (Phi) is 3.94. The van der Waals surface area contributed by atoms with Gasteiger partial charge in [-0.05, 0) is 37.1 Å². The Morgan fingerprint density at radius 1 is 1.12 bits per heavy atom. The number of furan rings is 1. The topological polar surface area (TPSA) is 43.3 Å². The summed E-state index contributed by atoms with van der Waals surface area (Å²) < 4.78 is 8.53. The van der Waals surface area contributed by atoms with Crippen LogP contribution in [0.2, 0.25) is 0 Å². The van der Waals surface area contributed by atoms with Gasteiger partial charge in [-0.15, -0.1) is 11.3 Å². The molecule has 0 saturated heterocycles. The van der Waals surface area contributed by atoms with E-state index in [-0.39, 0.29) is 0 Å². The second-order valence-electron chi connectivity index (χ2n) is 6.68. The minimum absolute atomic E-state index is 0.486. The van der Waals surface area contributed by atoms with Crippen molar-refractivity contribution >= 4 is 28.0 Å². The normalized spacial score (nSPS) is 15.9. The van der Waals surface area contributed by atoms with E-state index in [0.29, 0.717) is 6.04 Å². The van der Waals surface area contributed by atoms with E-state index in [0.717, 1.165) is 32.9 Å². The van der Waals surface area contributed by atoms with Crippen molar-refractivity contribution in [2.75, 3.05) is 0 Å². The molecule has 0 spiro atoms. The number of nitrogens with zero attached hydrogens (tertiary/aromatic N) is 3. The lowest BCUT2D eigenvalue weighted by Gasteiger charge is -2.14. The largest absolute Gasteiger partial charge is 0.454 e. The molecule has 0 amide bonds. The minimum Gasteiger partial charge on any atom is -0.454 e. The van der Waals surface area contributed by atoms with Crippen molar-refractivity contribution < 1.29 is 4.42 Å². The highest BCUT2D eigenvalue weighted by Gasteiger charge is 2.23. The first-order valence-corrected chi connectivity index (χ1v) is 9.90. The molecule has 3 heterocycles. The number of fused-ring (bicyclic) bond motifs is 1. The van der Waals surface area contributed by atoms with Gasteiger partial charge in [-0.1, -0.05) is 31.0 Å². The molecule has 0 unspecified atom stereocenters. The summed E-state index contributed by atoms with van der Waals surface area (Å²) in [5.41, 5.74) is 2.94. The van der Waals surface area contributed by atoms with E-state index in [4.69, 9.17) is 9.41 Å². The van der Waals surface area contributed by atoms with Crippen LogP contribution in [0.5, 0.6) is 0 Å². The Hall–Kier alpha value is -2.66. The first-order chi connectivity index (χ1) is 12.9. The van der Waals surface area contributed by atoms with Crippen LogP contribution in [-0.4, -0.2) is 9.55 Å². The second-order valence-corrected chi connectivity index (χ2v) is 7.52. The zero-order valence-corrected chi connectivity index (χ0v) is 15.2. The maximum absolute atomic E-state index is 6.15. The standard InChI is InChI=1S/C21H19N3OS/c1-4-10-19-15(6-1)12-20(25-19)18-14-26-21(23-16-7-5-11-22-13-16)24(18)17-8-2-3-9-17/h1,4-7,10-14,17H,2-3,8-9H2. The fourth-order valence-electron chi connectivity index (χ4n) is 3.74. The van der Waals surface area contributed by atoms with Crippen LogP contribution in [0, 0.1) is 0 Å². The van der Waals surface area contributed by atoms with E-state index >= 15 is 0 Å². The predicted molar refractivity (Wildman–Crippen MR) is 104 cm³/mol. The molecule has 0 N–H and O–H groups in total.